The molecule has 14 heavy (non-hydrogen) atoms. The lowest BCUT2D eigenvalue weighted by Crippen LogP contribution is -2.19. The first-order valence-electron chi connectivity index (χ1n) is 4.08. The summed E-state index contributed by atoms with van der Waals surface area (Å²) in [5.74, 6) is 0.135. The summed E-state index contributed by atoms with van der Waals surface area (Å²) in [6.45, 7) is 0. The average molecular weight is 385 g/mol. The van der Waals surface area contributed by atoms with E-state index in [2.05, 4.69) is 47.8 Å². The average Bonchev–Trinajstić information content (AvgIpc) is 2.27. The second-order valence-electron chi connectivity index (χ2n) is 2.81. The summed E-state index contributed by atoms with van der Waals surface area (Å²) in [7, 11) is 0. The second kappa shape index (κ2) is 6.03. The van der Waals surface area contributed by atoms with Crippen molar-refractivity contribution in [3.63, 3.8) is 0 Å². The maximum Gasteiger partial charge on any atom is 0.158 e. The molecule has 0 saturated heterocycles. The summed E-state index contributed by atoms with van der Waals surface area (Å²) in [5, 5.41) is 0.373. The summed E-state index contributed by atoms with van der Waals surface area (Å²) in [6.07, 6.45) is 0. The molecular formula is C10H9Br3O. The van der Waals surface area contributed by atoms with Gasteiger partial charge in [0.25, 0.3) is 0 Å². The molecule has 0 aromatic heterocycles. The molecule has 1 nitrogen and oxygen atoms in total. The third kappa shape index (κ3) is 3.17. The first-order chi connectivity index (χ1) is 6.66. The molecule has 76 valence electrons. The predicted octanol–water partition coefficient (Wildman–Crippen LogP) is 3.85. The number of hydrogen-bond acceptors (Lipinski definition) is 1. The molecule has 2 atom stereocenters. The quantitative estimate of drug-likeness (QED) is 0.721. The summed E-state index contributed by atoms with van der Waals surface area (Å²) in [5.41, 5.74) is 1.10. The van der Waals surface area contributed by atoms with Crippen LogP contribution in [0.4, 0.5) is 0 Å². The third-order valence-corrected chi connectivity index (χ3v) is 5.17. The largest absolute Gasteiger partial charge is 0.297 e. The van der Waals surface area contributed by atoms with Gasteiger partial charge in [0.2, 0.25) is 0 Å². The Bertz CT molecular complexity index is 299. The highest BCUT2D eigenvalue weighted by Crippen LogP contribution is 2.31. The Morgan fingerprint density at radius 3 is 2.29 bits per heavy atom. The number of carbonyl (C=O) groups excluding carboxylic acids is 1. The number of rotatable bonds is 4. The van der Waals surface area contributed by atoms with Crippen LogP contribution in [0.5, 0.6) is 0 Å². The first-order valence-corrected chi connectivity index (χ1v) is 7.04. The Kier molecular flexibility index (Phi) is 5.34. The van der Waals surface area contributed by atoms with Crippen molar-refractivity contribution in [3.05, 3.63) is 35.9 Å². The van der Waals surface area contributed by atoms with Gasteiger partial charge >= 0.3 is 0 Å². The predicted molar refractivity (Wildman–Crippen MR) is 69.6 cm³/mol. The van der Waals surface area contributed by atoms with Crippen LogP contribution in [0.15, 0.2) is 30.3 Å². The standard InChI is InChI=1S/C10H9Br3O/c11-6-8(14)10(13)9(12)7-4-2-1-3-5-7/h1-5,9-10H,6H2/t9-,10+/m0/s1. The highest BCUT2D eigenvalue weighted by molar-refractivity contribution is 9.12. The number of ketones is 1. The van der Waals surface area contributed by atoms with Crippen molar-refractivity contribution < 1.29 is 4.79 Å². The smallest absolute Gasteiger partial charge is 0.158 e. The van der Waals surface area contributed by atoms with E-state index in [0.717, 1.165) is 5.56 Å². The maximum atomic E-state index is 11.4. The minimum atomic E-state index is -0.190. The number of Topliss-reactive ketones (excluding diaryl/α,β-unsaturated/α-hetero) is 1. The van der Waals surface area contributed by atoms with Gasteiger partial charge in [0, 0.05) is 0 Å². The van der Waals surface area contributed by atoms with Crippen molar-refractivity contribution in [1.82, 2.24) is 0 Å². The number of carbonyl (C=O) groups is 1. The molecule has 0 saturated carbocycles. The lowest BCUT2D eigenvalue weighted by atomic mass is 10.1. The van der Waals surface area contributed by atoms with Crippen LogP contribution in [0, 0.1) is 0 Å². The normalized spacial score (nSPS) is 14.8. The van der Waals surface area contributed by atoms with Gasteiger partial charge in [-0.2, -0.15) is 0 Å². The van der Waals surface area contributed by atoms with Crippen molar-refractivity contribution >= 4 is 53.6 Å². The van der Waals surface area contributed by atoms with Crippen molar-refractivity contribution in [1.29, 1.82) is 0 Å². The Hall–Kier alpha value is 0.330. The van der Waals surface area contributed by atoms with Crippen LogP contribution in [0.2, 0.25) is 0 Å². The van der Waals surface area contributed by atoms with Crippen LogP contribution in [0.1, 0.15) is 10.4 Å². The summed E-state index contributed by atoms with van der Waals surface area (Å²) in [6, 6.07) is 9.87. The number of benzene rings is 1. The molecular weight excluding hydrogens is 376 g/mol. The van der Waals surface area contributed by atoms with E-state index in [-0.39, 0.29) is 15.4 Å². The molecule has 4 heteroatoms. The van der Waals surface area contributed by atoms with Gasteiger partial charge in [0.05, 0.1) is 15.0 Å². The molecule has 0 radical (unpaired) electrons. The van der Waals surface area contributed by atoms with E-state index in [9.17, 15) is 4.79 Å². The van der Waals surface area contributed by atoms with Crippen molar-refractivity contribution in [2.75, 3.05) is 5.33 Å². The van der Waals surface area contributed by atoms with E-state index >= 15 is 0 Å². The Labute approximate surface area is 109 Å². The van der Waals surface area contributed by atoms with Gasteiger partial charge in [-0.15, -0.1) is 0 Å². The van der Waals surface area contributed by atoms with E-state index < -0.39 is 0 Å². The molecule has 0 unspecified atom stereocenters. The summed E-state index contributed by atoms with van der Waals surface area (Å²) < 4.78 is 0. The zero-order valence-corrected chi connectivity index (χ0v) is 12.0. The zero-order valence-electron chi connectivity index (χ0n) is 7.29. The molecule has 1 aromatic carbocycles. The molecule has 0 aliphatic carbocycles. The fraction of sp³-hybridized carbons (Fsp3) is 0.300. The van der Waals surface area contributed by atoms with Gasteiger partial charge < -0.3 is 0 Å². The fourth-order valence-electron chi connectivity index (χ4n) is 1.04. The molecule has 0 fully saturated rings. The number of hydrogen-bond donors (Lipinski definition) is 0. The SMILES string of the molecule is O=C(CBr)[C@@H](Br)[C@@H](Br)c1ccccc1. The minimum Gasteiger partial charge on any atom is -0.297 e. The molecule has 0 aliphatic rings. The molecule has 1 aromatic rings. The van der Waals surface area contributed by atoms with Gasteiger partial charge in [-0.1, -0.05) is 78.1 Å². The van der Waals surface area contributed by atoms with Crippen LogP contribution in [0.3, 0.4) is 0 Å². The Morgan fingerprint density at radius 2 is 1.79 bits per heavy atom. The minimum absolute atomic E-state index is 0.0220. The Balaban J connectivity index is 2.75. The van der Waals surface area contributed by atoms with Gasteiger partial charge in [0.15, 0.2) is 5.78 Å². The van der Waals surface area contributed by atoms with Crippen LogP contribution in [0.25, 0.3) is 0 Å². The molecule has 0 heterocycles. The molecule has 0 spiro atoms. The summed E-state index contributed by atoms with van der Waals surface area (Å²) >= 11 is 10.0. The second-order valence-corrected chi connectivity index (χ2v) is 5.35. The lowest BCUT2D eigenvalue weighted by Gasteiger charge is -2.14. The lowest BCUT2D eigenvalue weighted by molar-refractivity contribution is -0.115. The fourth-order valence-corrected chi connectivity index (χ4v) is 2.89. The van der Waals surface area contributed by atoms with E-state index in [0.29, 0.717) is 5.33 Å². The van der Waals surface area contributed by atoms with Crippen LogP contribution >= 0.6 is 47.8 Å². The van der Waals surface area contributed by atoms with Crippen LogP contribution < -0.4 is 0 Å². The monoisotopic (exact) mass is 382 g/mol. The van der Waals surface area contributed by atoms with Gasteiger partial charge in [-0.3, -0.25) is 4.79 Å². The molecule has 1 rings (SSSR count). The first kappa shape index (κ1) is 12.4. The topological polar surface area (TPSA) is 17.1 Å². The summed E-state index contributed by atoms with van der Waals surface area (Å²) in [4.78, 5) is 11.2. The Morgan fingerprint density at radius 1 is 1.21 bits per heavy atom. The number of alkyl halides is 3. The van der Waals surface area contributed by atoms with E-state index in [1.807, 2.05) is 30.3 Å². The van der Waals surface area contributed by atoms with Gasteiger partial charge in [-0.25, -0.2) is 0 Å². The third-order valence-electron chi connectivity index (χ3n) is 1.81. The molecule has 0 aliphatic heterocycles. The zero-order chi connectivity index (χ0) is 10.6. The van der Waals surface area contributed by atoms with E-state index in [1.165, 1.54) is 0 Å². The molecule has 0 bridgehead atoms. The van der Waals surface area contributed by atoms with Gasteiger partial charge in [0.1, 0.15) is 0 Å². The maximum absolute atomic E-state index is 11.4. The highest BCUT2D eigenvalue weighted by atomic mass is 79.9. The van der Waals surface area contributed by atoms with Crippen molar-refractivity contribution in [2.24, 2.45) is 0 Å². The van der Waals surface area contributed by atoms with Crippen LogP contribution in [-0.4, -0.2) is 15.9 Å². The van der Waals surface area contributed by atoms with E-state index in [4.69, 9.17) is 0 Å². The van der Waals surface area contributed by atoms with Gasteiger partial charge in [-0.05, 0) is 5.56 Å². The van der Waals surface area contributed by atoms with Crippen molar-refractivity contribution in [3.8, 4) is 0 Å². The molecule has 0 amide bonds. The molecule has 0 N–H and O–H groups in total. The van der Waals surface area contributed by atoms with Crippen molar-refractivity contribution in [2.45, 2.75) is 9.65 Å². The van der Waals surface area contributed by atoms with Crippen LogP contribution in [-0.2, 0) is 4.79 Å². The van der Waals surface area contributed by atoms with E-state index in [1.54, 1.807) is 0 Å². The number of halogens is 3. The highest BCUT2D eigenvalue weighted by Gasteiger charge is 2.23.